The van der Waals surface area contributed by atoms with E-state index in [0.717, 1.165) is 51.5 Å². The SMILES string of the molecule is c1ccc(-n2c3ccccc3c3oc4[n+](c32)Cc2ncccc2-4)cc1. The molecule has 0 radical (unpaired) electrons. The molecule has 0 amide bonds. The summed E-state index contributed by atoms with van der Waals surface area (Å²) in [6.07, 6.45) is 1.84. The molecule has 3 aromatic heterocycles. The predicted octanol–water partition coefficient (Wildman–Crippen LogP) is 4.09. The lowest BCUT2D eigenvalue weighted by atomic mass is 10.2. The summed E-state index contributed by atoms with van der Waals surface area (Å²) in [5.74, 6) is 0.892. The molecule has 1 aliphatic rings. The van der Waals surface area contributed by atoms with Crippen LogP contribution in [0.5, 0.6) is 0 Å². The number of pyridine rings is 1. The molecule has 0 fully saturated rings. The van der Waals surface area contributed by atoms with Gasteiger partial charge in [-0.3, -0.25) is 4.98 Å². The first-order valence-electron chi connectivity index (χ1n) is 8.37. The molecule has 4 heterocycles. The molecule has 0 bridgehead atoms. The average Bonchev–Trinajstić information content (AvgIpc) is 3.30. The molecule has 2 aromatic carbocycles. The Balaban J connectivity index is 1.79. The van der Waals surface area contributed by atoms with E-state index in [2.05, 4.69) is 68.7 Å². The third-order valence-corrected chi connectivity index (χ3v) is 4.95. The van der Waals surface area contributed by atoms with E-state index in [1.807, 2.05) is 18.3 Å². The van der Waals surface area contributed by atoms with Crippen LogP contribution in [0.4, 0.5) is 0 Å². The van der Waals surface area contributed by atoms with Crippen molar-refractivity contribution in [1.29, 1.82) is 0 Å². The van der Waals surface area contributed by atoms with Gasteiger partial charge >= 0.3 is 5.65 Å². The Kier molecular flexibility index (Phi) is 2.37. The molecule has 4 heteroatoms. The van der Waals surface area contributed by atoms with Crippen molar-refractivity contribution in [3.8, 4) is 17.1 Å². The molecule has 4 nitrogen and oxygen atoms in total. The molecule has 0 saturated heterocycles. The summed E-state index contributed by atoms with van der Waals surface area (Å²) in [5.41, 5.74) is 6.45. The van der Waals surface area contributed by atoms with E-state index in [-0.39, 0.29) is 0 Å². The number of aromatic nitrogens is 3. The van der Waals surface area contributed by atoms with E-state index in [9.17, 15) is 0 Å². The molecule has 5 aromatic rings. The second-order valence-corrected chi connectivity index (χ2v) is 6.33. The number of benzene rings is 2. The van der Waals surface area contributed by atoms with Gasteiger partial charge in [-0.15, -0.1) is 0 Å². The quantitative estimate of drug-likeness (QED) is 0.427. The summed E-state index contributed by atoms with van der Waals surface area (Å²) >= 11 is 0. The van der Waals surface area contributed by atoms with Crippen LogP contribution in [0.25, 0.3) is 39.3 Å². The van der Waals surface area contributed by atoms with Crippen molar-refractivity contribution in [3.63, 3.8) is 0 Å². The van der Waals surface area contributed by atoms with Crippen LogP contribution in [0, 0.1) is 0 Å². The summed E-state index contributed by atoms with van der Waals surface area (Å²) in [6, 6.07) is 22.9. The lowest BCUT2D eigenvalue weighted by molar-refractivity contribution is -0.652. The van der Waals surface area contributed by atoms with Crippen LogP contribution in [0.3, 0.4) is 0 Å². The van der Waals surface area contributed by atoms with Crippen LogP contribution >= 0.6 is 0 Å². The minimum absolute atomic E-state index is 0.738. The highest BCUT2D eigenvalue weighted by Crippen LogP contribution is 2.36. The smallest absolute Gasteiger partial charge is 0.334 e. The normalized spacial score (nSPS) is 12.6. The fourth-order valence-electron chi connectivity index (χ4n) is 3.88. The predicted molar refractivity (Wildman–Crippen MR) is 95.6 cm³/mol. The Morgan fingerprint density at radius 2 is 1.76 bits per heavy atom. The Labute approximate surface area is 143 Å². The number of para-hydroxylation sites is 2. The highest BCUT2D eigenvalue weighted by molar-refractivity contribution is 6.04. The zero-order chi connectivity index (χ0) is 16.4. The maximum Gasteiger partial charge on any atom is 0.334 e. The maximum absolute atomic E-state index is 6.35. The number of rotatable bonds is 1. The van der Waals surface area contributed by atoms with Crippen LogP contribution in [0.1, 0.15) is 5.69 Å². The van der Waals surface area contributed by atoms with Gasteiger partial charge in [0, 0.05) is 6.20 Å². The molecular formula is C21H14N3O+. The third kappa shape index (κ3) is 1.61. The highest BCUT2D eigenvalue weighted by atomic mass is 16.4. The van der Waals surface area contributed by atoms with Crippen LogP contribution in [0.15, 0.2) is 77.3 Å². The summed E-state index contributed by atoms with van der Waals surface area (Å²) in [5, 5.41) is 1.13. The van der Waals surface area contributed by atoms with Gasteiger partial charge in [0.1, 0.15) is 17.7 Å². The van der Waals surface area contributed by atoms with Crippen LogP contribution in [-0.4, -0.2) is 9.55 Å². The molecule has 6 rings (SSSR count). The zero-order valence-electron chi connectivity index (χ0n) is 13.4. The number of hydrogen-bond acceptors (Lipinski definition) is 2. The molecule has 0 unspecified atom stereocenters. The molecule has 1 aliphatic heterocycles. The van der Waals surface area contributed by atoms with Crippen molar-refractivity contribution in [2.75, 3.05) is 0 Å². The second-order valence-electron chi connectivity index (χ2n) is 6.33. The largest absolute Gasteiger partial charge is 0.413 e. The van der Waals surface area contributed by atoms with Crippen molar-refractivity contribution >= 4 is 22.1 Å². The number of nitrogens with zero attached hydrogens (tertiary/aromatic N) is 3. The molecule has 0 spiro atoms. The fraction of sp³-hybridized carbons (Fsp3) is 0.0476. The Bertz CT molecular complexity index is 1260. The molecule has 0 N–H and O–H groups in total. The maximum atomic E-state index is 6.35. The third-order valence-electron chi connectivity index (χ3n) is 4.95. The van der Waals surface area contributed by atoms with Gasteiger partial charge in [0.25, 0.3) is 5.89 Å². The minimum atomic E-state index is 0.738. The summed E-state index contributed by atoms with van der Waals surface area (Å²) in [7, 11) is 0. The molecule has 118 valence electrons. The van der Waals surface area contributed by atoms with E-state index < -0.39 is 0 Å². The van der Waals surface area contributed by atoms with Crippen molar-refractivity contribution < 1.29 is 8.98 Å². The van der Waals surface area contributed by atoms with E-state index in [1.165, 1.54) is 0 Å². The Morgan fingerprint density at radius 1 is 0.920 bits per heavy atom. The van der Waals surface area contributed by atoms with Crippen molar-refractivity contribution in [2.45, 2.75) is 6.54 Å². The van der Waals surface area contributed by atoms with Gasteiger partial charge in [-0.05, 0) is 36.4 Å². The standard InChI is InChI=1S/C21H14N3O/c1-2-7-14(8-3-1)24-18-11-5-4-9-16(18)19-20(24)23-13-17-15(21(23)25-19)10-6-12-22-17/h1-12H,13H2/q+1. The van der Waals surface area contributed by atoms with E-state index in [4.69, 9.17) is 4.42 Å². The van der Waals surface area contributed by atoms with Crippen LogP contribution in [0.2, 0.25) is 0 Å². The molecule has 25 heavy (non-hydrogen) atoms. The monoisotopic (exact) mass is 324 g/mol. The highest BCUT2D eigenvalue weighted by Gasteiger charge is 2.36. The van der Waals surface area contributed by atoms with E-state index in [1.54, 1.807) is 0 Å². The summed E-state index contributed by atoms with van der Waals surface area (Å²) < 4.78 is 10.9. The van der Waals surface area contributed by atoms with Crippen LogP contribution < -0.4 is 4.57 Å². The first kappa shape index (κ1) is 13.0. The Morgan fingerprint density at radius 3 is 2.68 bits per heavy atom. The van der Waals surface area contributed by atoms with Gasteiger partial charge in [-0.1, -0.05) is 30.3 Å². The fourth-order valence-corrected chi connectivity index (χ4v) is 3.88. The van der Waals surface area contributed by atoms with Crippen molar-refractivity contribution in [2.24, 2.45) is 0 Å². The molecule has 0 atom stereocenters. The number of fused-ring (bicyclic) bond motifs is 7. The van der Waals surface area contributed by atoms with Gasteiger partial charge in [0.15, 0.2) is 0 Å². The minimum Gasteiger partial charge on any atom is -0.413 e. The van der Waals surface area contributed by atoms with E-state index >= 15 is 0 Å². The Hall–Kier alpha value is -3.40. The van der Waals surface area contributed by atoms with Crippen LogP contribution in [-0.2, 0) is 6.54 Å². The van der Waals surface area contributed by atoms with Gasteiger partial charge in [0.2, 0.25) is 5.58 Å². The lowest BCUT2D eigenvalue weighted by Crippen LogP contribution is -2.32. The van der Waals surface area contributed by atoms with Gasteiger partial charge in [-0.25, -0.2) is 0 Å². The number of hydrogen-bond donors (Lipinski definition) is 0. The van der Waals surface area contributed by atoms with Gasteiger partial charge in [0.05, 0.1) is 16.6 Å². The first-order valence-corrected chi connectivity index (χ1v) is 8.37. The average molecular weight is 324 g/mol. The van der Waals surface area contributed by atoms with Gasteiger partial charge in [-0.2, -0.15) is 9.13 Å². The molecular weight excluding hydrogens is 310 g/mol. The summed E-state index contributed by atoms with van der Waals surface area (Å²) in [6.45, 7) is 0.738. The van der Waals surface area contributed by atoms with Crippen molar-refractivity contribution in [3.05, 3.63) is 78.6 Å². The van der Waals surface area contributed by atoms with Gasteiger partial charge < -0.3 is 4.42 Å². The number of oxazole rings is 1. The van der Waals surface area contributed by atoms with Crippen molar-refractivity contribution in [1.82, 2.24) is 9.55 Å². The summed E-state index contributed by atoms with van der Waals surface area (Å²) in [4.78, 5) is 4.52. The lowest BCUT2D eigenvalue weighted by Gasteiger charge is -2.00. The van der Waals surface area contributed by atoms with E-state index in [0.29, 0.717) is 0 Å². The molecule has 0 aliphatic carbocycles. The second kappa shape index (κ2) is 4.57. The molecule has 0 saturated carbocycles. The topological polar surface area (TPSA) is 34.8 Å². The first-order chi connectivity index (χ1) is 12.4. The zero-order valence-corrected chi connectivity index (χ0v) is 13.4.